The molecule has 2 nitrogen and oxygen atoms in total. The lowest BCUT2D eigenvalue weighted by Crippen LogP contribution is -2.34. The molecule has 68 valence electrons. The molecule has 0 amide bonds. The highest BCUT2D eigenvalue weighted by Crippen LogP contribution is 2.00. The summed E-state index contributed by atoms with van der Waals surface area (Å²) in [5.41, 5.74) is 0. The fraction of sp³-hybridized carbons (Fsp3) is 1.00. The maximum absolute atomic E-state index is 5.73. The summed E-state index contributed by atoms with van der Waals surface area (Å²) in [5, 5.41) is 1.91. The molecule has 0 aliphatic heterocycles. The van der Waals surface area contributed by atoms with E-state index in [0.29, 0.717) is 0 Å². The van der Waals surface area contributed by atoms with E-state index in [1.807, 2.05) is 16.8 Å². The predicted molar refractivity (Wildman–Crippen MR) is 53.6 cm³/mol. The average molecular weight is 176 g/mol. The summed E-state index contributed by atoms with van der Waals surface area (Å²) >= 11 is 1.84. The molecule has 0 aromatic heterocycles. The molecule has 0 saturated carbocycles. The van der Waals surface area contributed by atoms with Crippen molar-refractivity contribution in [3.8, 4) is 0 Å². The fourth-order valence-corrected chi connectivity index (χ4v) is 1.16. The zero-order valence-corrected chi connectivity index (χ0v) is 8.66. The highest BCUT2D eigenvalue weighted by atomic mass is 32.2. The van der Waals surface area contributed by atoms with Crippen LogP contribution in [0.15, 0.2) is 0 Å². The molecule has 0 atom stereocenters. The van der Waals surface area contributed by atoms with Gasteiger partial charge in [0.05, 0.1) is 0 Å². The van der Waals surface area contributed by atoms with Gasteiger partial charge < -0.3 is 0 Å². The van der Waals surface area contributed by atoms with Crippen LogP contribution in [-0.2, 0) is 0 Å². The zero-order valence-electron chi connectivity index (χ0n) is 7.84. The SMILES string of the molecule is CSCCN(N)CCC(C)C. The number of thioether (sulfide) groups is 1. The van der Waals surface area contributed by atoms with Crippen molar-refractivity contribution in [3.05, 3.63) is 0 Å². The third kappa shape index (κ3) is 8.17. The van der Waals surface area contributed by atoms with Crippen molar-refractivity contribution >= 4 is 11.8 Å². The Bertz CT molecular complexity index is 86.2. The van der Waals surface area contributed by atoms with Gasteiger partial charge >= 0.3 is 0 Å². The summed E-state index contributed by atoms with van der Waals surface area (Å²) in [4.78, 5) is 0. The van der Waals surface area contributed by atoms with Crippen LogP contribution in [0.3, 0.4) is 0 Å². The Morgan fingerprint density at radius 1 is 1.36 bits per heavy atom. The number of nitrogens with zero attached hydrogens (tertiary/aromatic N) is 1. The van der Waals surface area contributed by atoms with Crippen LogP contribution in [0.1, 0.15) is 20.3 Å². The fourth-order valence-electron chi connectivity index (χ4n) is 0.744. The molecule has 0 saturated heterocycles. The molecule has 0 spiro atoms. The van der Waals surface area contributed by atoms with Crippen LogP contribution in [0.4, 0.5) is 0 Å². The van der Waals surface area contributed by atoms with Gasteiger partial charge in [0.1, 0.15) is 0 Å². The van der Waals surface area contributed by atoms with E-state index in [0.717, 1.165) is 24.8 Å². The van der Waals surface area contributed by atoms with Gasteiger partial charge in [-0.3, -0.25) is 5.84 Å². The molecule has 0 aliphatic rings. The van der Waals surface area contributed by atoms with E-state index in [1.165, 1.54) is 6.42 Å². The standard InChI is InChI=1S/C8H20N2S/c1-8(2)4-5-10(9)6-7-11-3/h8H,4-7,9H2,1-3H3. The second kappa shape index (κ2) is 6.95. The Morgan fingerprint density at radius 3 is 2.45 bits per heavy atom. The first kappa shape index (κ1) is 11.3. The van der Waals surface area contributed by atoms with E-state index >= 15 is 0 Å². The number of hydrazine groups is 1. The summed E-state index contributed by atoms with van der Waals surface area (Å²) in [6.45, 7) is 6.48. The third-order valence-electron chi connectivity index (χ3n) is 1.58. The second-order valence-corrected chi connectivity index (χ2v) is 4.20. The first-order valence-electron chi connectivity index (χ1n) is 4.15. The van der Waals surface area contributed by atoms with E-state index in [4.69, 9.17) is 5.84 Å². The summed E-state index contributed by atoms with van der Waals surface area (Å²) in [5.74, 6) is 7.62. The lowest BCUT2D eigenvalue weighted by atomic mass is 10.1. The van der Waals surface area contributed by atoms with E-state index in [-0.39, 0.29) is 0 Å². The smallest absolute Gasteiger partial charge is 0.0219 e. The van der Waals surface area contributed by atoms with Gasteiger partial charge in [-0.1, -0.05) is 13.8 Å². The largest absolute Gasteiger partial charge is 0.269 e. The zero-order chi connectivity index (χ0) is 8.69. The second-order valence-electron chi connectivity index (χ2n) is 3.21. The van der Waals surface area contributed by atoms with Gasteiger partial charge in [0.25, 0.3) is 0 Å². The van der Waals surface area contributed by atoms with Gasteiger partial charge in [-0.2, -0.15) is 11.8 Å². The summed E-state index contributed by atoms with van der Waals surface area (Å²) in [6, 6.07) is 0. The van der Waals surface area contributed by atoms with E-state index in [2.05, 4.69) is 20.1 Å². The summed E-state index contributed by atoms with van der Waals surface area (Å²) < 4.78 is 0. The monoisotopic (exact) mass is 176 g/mol. The molecule has 3 heteroatoms. The quantitative estimate of drug-likeness (QED) is 0.492. The molecule has 0 unspecified atom stereocenters. The maximum atomic E-state index is 5.73. The van der Waals surface area contributed by atoms with Crippen molar-refractivity contribution in [1.29, 1.82) is 0 Å². The lowest BCUT2D eigenvalue weighted by molar-refractivity contribution is 0.281. The lowest BCUT2D eigenvalue weighted by Gasteiger charge is -2.16. The minimum atomic E-state index is 0.760. The minimum Gasteiger partial charge on any atom is -0.269 e. The Labute approximate surface area is 74.5 Å². The Morgan fingerprint density at radius 2 is 2.00 bits per heavy atom. The highest BCUT2D eigenvalue weighted by molar-refractivity contribution is 7.98. The molecule has 11 heavy (non-hydrogen) atoms. The van der Waals surface area contributed by atoms with E-state index < -0.39 is 0 Å². The van der Waals surface area contributed by atoms with Crippen molar-refractivity contribution < 1.29 is 0 Å². The van der Waals surface area contributed by atoms with Gasteiger partial charge in [-0.05, 0) is 18.6 Å². The topological polar surface area (TPSA) is 29.3 Å². The van der Waals surface area contributed by atoms with Crippen molar-refractivity contribution in [2.45, 2.75) is 20.3 Å². The number of nitrogens with two attached hydrogens (primary N) is 1. The van der Waals surface area contributed by atoms with E-state index in [1.54, 1.807) is 0 Å². The van der Waals surface area contributed by atoms with Crippen LogP contribution < -0.4 is 5.84 Å². The molecule has 0 fully saturated rings. The molecule has 2 N–H and O–H groups in total. The molecular formula is C8H20N2S. The molecule has 0 heterocycles. The molecule has 0 bridgehead atoms. The Hall–Kier alpha value is 0.270. The Kier molecular flexibility index (Phi) is 7.12. The highest BCUT2D eigenvalue weighted by Gasteiger charge is 1.99. The predicted octanol–water partition coefficient (Wildman–Crippen LogP) is 1.57. The summed E-state index contributed by atoms with van der Waals surface area (Å²) in [7, 11) is 0. The van der Waals surface area contributed by atoms with Gasteiger partial charge in [0.15, 0.2) is 0 Å². The van der Waals surface area contributed by atoms with Crippen molar-refractivity contribution in [1.82, 2.24) is 5.01 Å². The van der Waals surface area contributed by atoms with Crippen LogP contribution in [0.25, 0.3) is 0 Å². The molecular weight excluding hydrogens is 156 g/mol. The molecule has 0 aromatic rings. The normalized spacial score (nSPS) is 11.5. The molecule has 0 radical (unpaired) electrons. The molecule has 0 aliphatic carbocycles. The molecule has 0 aromatic carbocycles. The van der Waals surface area contributed by atoms with Crippen molar-refractivity contribution in [2.75, 3.05) is 25.1 Å². The average Bonchev–Trinajstić information content (AvgIpc) is 1.97. The molecule has 0 rings (SSSR count). The van der Waals surface area contributed by atoms with Crippen molar-refractivity contribution in [2.24, 2.45) is 11.8 Å². The maximum Gasteiger partial charge on any atom is 0.0219 e. The first-order valence-corrected chi connectivity index (χ1v) is 5.54. The van der Waals surface area contributed by atoms with Crippen LogP contribution >= 0.6 is 11.8 Å². The number of rotatable bonds is 6. The minimum absolute atomic E-state index is 0.760. The van der Waals surface area contributed by atoms with Crippen LogP contribution in [0.2, 0.25) is 0 Å². The van der Waals surface area contributed by atoms with Gasteiger partial charge in [0.2, 0.25) is 0 Å². The number of hydrogen-bond acceptors (Lipinski definition) is 3. The van der Waals surface area contributed by atoms with Gasteiger partial charge in [0, 0.05) is 18.8 Å². The van der Waals surface area contributed by atoms with Gasteiger partial charge in [-0.25, -0.2) is 5.01 Å². The van der Waals surface area contributed by atoms with Crippen LogP contribution in [-0.4, -0.2) is 30.1 Å². The Balaban J connectivity index is 3.15. The van der Waals surface area contributed by atoms with Crippen LogP contribution in [0.5, 0.6) is 0 Å². The number of hydrogen-bond donors (Lipinski definition) is 1. The summed E-state index contributed by atoms with van der Waals surface area (Å²) in [6.07, 6.45) is 3.31. The first-order chi connectivity index (χ1) is 5.16. The van der Waals surface area contributed by atoms with Gasteiger partial charge in [-0.15, -0.1) is 0 Å². The van der Waals surface area contributed by atoms with Crippen molar-refractivity contribution in [3.63, 3.8) is 0 Å². The third-order valence-corrected chi connectivity index (χ3v) is 2.17. The van der Waals surface area contributed by atoms with Crippen LogP contribution in [0, 0.1) is 5.92 Å². The van der Waals surface area contributed by atoms with E-state index in [9.17, 15) is 0 Å².